The van der Waals surface area contributed by atoms with Crippen molar-refractivity contribution in [3.8, 4) is 5.75 Å². The van der Waals surface area contributed by atoms with E-state index < -0.39 is 0 Å². The predicted molar refractivity (Wildman–Crippen MR) is 114 cm³/mol. The van der Waals surface area contributed by atoms with Crippen LogP contribution in [-0.4, -0.2) is 24.0 Å². The standard InChI is InChI=1S/C25H30N2O2/c28-25-11-4-12-27(25)17-21-7-2-1-6-20(21)16-26-23-10-5-13-29-24-15-19-9-3-8-18(19)14-22(23)24/h1-2,6-7,14-15,23,26H,3-5,8-13,16-17H2. The minimum atomic E-state index is 0.288. The SMILES string of the molecule is O=C1CCCN1Cc1ccccc1CNC1CCCOc2cc3c(cc21)CCC3. The Kier molecular flexibility index (Phi) is 5.28. The molecule has 5 rings (SSSR count). The highest BCUT2D eigenvalue weighted by Gasteiger charge is 2.24. The minimum absolute atomic E-state index is 0.288. The highest BCUT2D eigenvalue weighted by molar-refractivity contribution is 5.78. The number of carbonyl (C=O) groups excluding carboxylic acids is 1. The molecule has 1 fully saturated rings. The maximum atomic E-state index is 12.1. The average molecular weight is 391 g/mol. The second-order valence-corrected chi connectivity index (χ2v) is 8.62. The second-order valence-electron chi connectivity index (χ2n) is 8.62. The molecule has 2 aromatic rings. The number of amides is 1. The van der Waals surface area contributed by atoms with E-state index >= 15 is 0 Å². The van der Waals surface area contributed by atoms with Gasteiger partial charge in [-0.25, -0.2) is 0 Å². The number of fused-ring (bicyclic) bond motifs is 2. The number of ether oxygens (including phenoxy) is 1. The molecular formula is C25H30N2O2. The van der Waals surface area contributed by atoms with Gasteiger partial charge in [0.1, 0.15) is 5.75 Å². The van der Waals surface area contributed by atoms with Crippen molar-refractivity contribution in [1.29, 1.82) is 0 Å². The number of nitrogens with zero attached hydrogens (tertiary/aromatic N) is 1. The van der Waals surface area contributed by atoms with Gasteiger partial charge in [-0.15, -0.1) is 0 Å². The molecule has 2 aliphatic heterocycles. The number of hydrogen-bond acceptors (Lipinski definition) is 3. The molecule has 1 aliphatic carbocycles. The van der Waals surface area contributed by atoms with Crippen molar-refractivity contribution >= 4 is 5.91 Å². The number of carbonyl (C=O) groups is 1. The summed E-state index contributed by atoms with van der Waals surface area (Å²) in [5, 5.41) is 3.82. The molecule has 2 heterocycles. The fraction of sp³-hybridized carbons (Fsp3) is 0.480. The quantitative estimate of drug-likeness (QED) is 0.828. The molecule has 3 aliphatic rings. The Labute approximate surface area is 173 Å². The van der Waals surface area contributed by atoms with E-state index in [0.29, 0.717) is 12.5 Å². The maximum absolute atomic E-state index is 12.1. The number of aryl methyl sites for hydroxylation is 2. The van der Waals surface area contributed by atoms with Crippen LogP contribution >= 0.6 is 0 Å². The monoisotopic (exact) mass is 390 g/mol. The molecule has 2 aromatic carbocycles. The van der Waals surface area contributed by atoms with Gasteiger partial charge in [-0.1, -0.05) is 30.3 Å². The summed E-state index contributed by atoms with van der Waals surface area (Å²) in [7, 11) is 0. The van der Waals surface area contributed by atoms with Crippen LogP contribution in [0.15, 0.2) is 36.4 Å². The lowest BCUT2D eigenvalue weighted by molar-refractivity contribution is -0.128. The summed E-state index contributed by atoms with van der Waals surface area (Å²) in [6.07, 6.45) is 7.50. The van der Waals surface area contributed by atoms with Crippen LogP contribution in [0.4, 0.5) is 0 Å². The van der Waals surface area contributed by atoms with Gasteiger partial charge in [-0.3, -0.25) is 4.79 Å². The molecular weight excluding hydrogens is 360 g/mol. The minimum Gasteiger partial charge on any atom is -0.493 e. The molecule has 1 unspecified atom stereocenters. The lowest BCUT2D eigenvalue weighted by Crippen LogP contribution is -2.26. The van der Waals surface area contributed by atoms with Crippen LogP contribution in [0.5, 0.6) is 5.75 Å². The molecule has 29 heavy (non-hydrogen) atoms. The number of rotatable bonds is 5. The zero-order valence-electron chi connectivity index (χ0n) is 17.1. The van der Waals surface area contributed by atoms with Crippen LogP contribution in [0, 0.1) is 0 Å². The average Bonchev–Trinajstić information content (AvgIpc) is 3.31. The summed E-state index contributed by atoms with van der Waals surface area (Å²) in [4.78, 5) is 14.1. The molecule has 1 saturated heterocycles. The molecule has 0 spiro atoms. The fourth-order valence-corrected chi connectivity index (χ4v) is 5.05. The Bertz CT molecular complexity index is 908. The van der Waals surface area contributed by atoms with Crippen molar-refractivity contribution in [3.63, 3.8) is 0 Å². The third-order valence-corrected chi connectivity index (χ3v) is 6.68. The summed E-state index contributed by atoms with van der Waals surface area (Å²) in [5.41, 5.74) is 6.86. The summed E-state index contributed by atoms with van der Waals surface area (Å²) in [6, 6.07) is 13.6. The van der Waals surface area contributed by atoms with Crippen molar-refractivity contribution in [3.05, 3.63) is 64.2 Å². The smallest absolute Gasteiger partial charge is 0.222 e. The van der Waals surface area contributed by atoms with Gasteiger partial charge in [0.25, 0.3) is 0 Å². The van der Waals surface area contributed by atoms with Crippen molar-refractivity contribution in [2.75, 3.05) is 13.2 Å². The molecule has 4 nitrogen and oxygen atoms in total. The van der Waals surface area contributed by atoms with Gasteiger partial charge in [0, 0.05) is 37.7 Å². The molecule has 1 atom stereocenters. The Balaban J connectivity index is 1.34. The van der Waals surface area contributed by atoms with E-state index in [9.17, 15) is 4.79 Å². The first kappa shape index (κ1) is 18.7. The van der Waals surface area contributed by atoms with E-state index in [-0.39, 0.29) is 5.91 Å². The Morgan fingerprint density at radius 1 is 1.00 bits per heavy atom. The maximum Gasteiger partial charge on any atom is 0.222 e. The summed E-state index contributed by atoms with van der Waals surface area (Å²) in [6.45, 7) is 3.24. The lowest BCUT2D eigenvalue weighted by atomic mass is 9.97. The Morgan fingerprint density at radius 2 is 1.83 bits per heavy atom. The predicted octanol–water partition coefficient (Wildman–Crippen LogP) is 4.30. The zero-order valence-corrected chi connectivity index (χ0v) is 17.1. The number of benzene rings is 2. The number of nitrogens with one attached hydrogen (secondary N) is 1. The Morgan fingerprint density at radius 3 is 2.66 bits per heavy atom. The molecule has 0 saturated carbocycles. The lowest BCUT2D eigenvalue weighted by Gasteiger charge is -2.22. The van der Waals surface area contributed by atoms with E-state index in [1.807, 2.05) is 4.90 Å². The summed E-state index contributed by atoms with van der Waals surface area (Å²) < 4.78 is 6.10. The highest BCUT2D eigenvalue weighted by Crippen LogP contribution is 2.37. The van der Waals surface area contributed by atoms with E-state index in [1.165, 1.54) is 47.1 Å². The fourth-order valence-electron chi connectivity index (χ4n) is 5.05. The number of likely N-dealkylation sites (tertiary alicyclic amines) is 1. The van der Waals surface area contributed by atoms with Gasteiger partial charge in [0.15, 0.2) is 0 Å². The third-order valence-electron chi connectivity index (χ3n) is 6.68. The van der Waals surface area contributed by atoms with Crippen LogP contribution in [0.3, 0.4) is 0 Å². The van der Waals surface area contributed by atoms with Crippen molar-refractivity contribution < 1.29 is 9.53 Å². The first-order valence-corrected chi connectivity index (χ1v) is 11.1. The molecule has 0 radical (unpaired) electrons. The zero-order chi connectivity index (χ0) is 19.6. The van der Waals surface area contributed by atoms with Gasteiger partial charge >= 0.3 is 0 Å². The first-order valence-electron chi connectivity index (χ1n) is 11.1. The van der Waals surface area contributed by atoms with Gasteiger partial charge < -0.3 is 15.0 Å². The normalized spacial score (nSPS) is 20.9. The Hall–Kier alpha value is -2.33. The molecule has 4 heteroatoms. The van der Waals surface area contributed by atoms with Crippen LogP contribution in [0.1, 0.15) is 66.0 Å². The highest BCUT2D eigenvalue weighted by atomic mass is 16.5. The summed E-state index contributed by atoms with van der Waals surface area (Å²) in [5.74, 6) is 1.37. The van der Waals surface area contributed by atoms with E-state index in [4.69, 9.17) is 4.74 Å². The van der Waals surface area contributed by atoms with Gasteiger partial charge in [-0.05, 0) is 66.8 Å². The summed E-state index contributed by atoms with van der Waals surface area (Å²) >= 11 is 0. The van der Waals surface area contributed by atoms with E-state index in [2.05, 4.69) is 41.7 Å². The molecule has 0 aromatic heterocycles. The van der Waals surface area contributed by atoms with Gasteiger partial charge in [-0.2, -0.15) is 0 Å². The van der Waals surface area contributed by atoms with Crippen LogP contribution in [-0.2, 0) is 30.7 Å². The van der Waals surface area contributed by atoms with Crippen LogP contribution in [0.25, 0.3) is 0 Å². The van der Waals surface area contributed by atoms with E-state index in [1.54, 1.807) is 0 Å². The van der Waals surface area contributed by atoms with Crippen molar-refractivity contribution in [2.24, 2.45) is 0 Å². The number of hydrogen-bond donors (Lipinski definition) is 1. The van der Waals surface area contributed by atoms with Crippen molar-refractivity contribution in [2.45, 2.75) is 64.1 Å². The van der Waals surface area contributed by atoms with Gasteiger partial charge in [0.05, 0.1) is 6.61 Å². The molecule has 1 N–H and O–H groups in total. The van der Waals surface area contributed by atoms with Crippen LogP contribution < -0.4 is 10.1 Å². The largest absolute Gasteiger partial charge is 0.493 e. The first-order chi connectivity index (χ1) is 14.3. The third kappa shape index (κ3) is 3.91. The topological polar surface area (TPSA) is 41.6 Å². The molecule has 152 valence electrons. The van der Waals surface area contributed by atoms with Crippen molar-refractivity contribution in [1.82, 2.24) is 10.2 Å². The molecule has 1 amide bonds. The van der Waals surface area contributed by atoms with E-state index in [0.717, 1.165) is 51.3 Å². The van der Waals surface area contributed by atoms with Crippen LogP contribution in [0.2, 0.25) is 0 Å². The van der Waals surface area contributed by atoms with Gasteiger partial charge in [0.2, 0.25) is 5.91 Å². The second kappa shape index (κ2) is 8.19. The molecule has 0 bridgehead atoms.